The van der Waals surface area contributed by atoms with Gasteiger partial charge in [-0.2, -0.15) is 0 Å². The average molecular weight is 316 g/mol. The first-order valence-corrected chi connectivity index (χ1v) is 8.36. The second-order valence-electron chi connectivity index (χ2n) is 6.38. The maximum Gasteiger partial charge on any atom is 0.243 e. The summed E-state index contributed by atoms with van der Waals surface area (Å²) >= 11 is 0. The molecule has 1 aliphatic heterocycles. The minimum atomic E-state index is 0.0346. The summed E-state index contributed by atoms with van der Waals surface area (Å²) in [4.78, 5) is 18.9. The summed E-state index contributed by atoms with van der Waals surface area (Å²) < 4.78 is 7.34. The Morgan fingerprint density at radius 1 is 1.48 bits per heavy atom. The third kappa shape index (κ3) is 3.16. The van der Waals surface area contributed by atoms with E-state index in [9.17, 15) is 4.79 Å². The molecule has 0 saturated carbocycles. The number of likely N-dealkylation sites (tertiary alicyclic amines) is 1. The van der Waals surface area contributed by atoms with Gasteiger partial charge in [-0.1, -0.05) is 25.9 Å². The summed E-state index contributed by atoms with van der Waals surface area (Å²) in [5.74, 6) is 2.24. The molecular formula is C17H24N4O2. The molecule has 3 rings (SSSR count). The molecule has 0 radical (unpaired) electrons. The Hall–Kier alpha value is -2.11. The molecule has 23 heavy (non-hydrogen) atoms. The highest BCUT2D eigenvalue weighted by molar-refractivity contribution is 5.76. The van der Waals surface area contributed by atoms with Crippen LogP contribution < -0.4 is 0 Å². The molecule has 0 bridgehead atoms. The van der Waals surface area contributed by atoms with Crippen molar-refractivity contribution in [1.82, 2.24) is 19.6 Å². The molecule has 1 amide bonds. The van der Waals surface area contributed by atoms with E-state index in [-0.39, 0.29) is 11.9 Å². The van der Waals surface area contributed by atoms with Crippen LogP contribution in [0.4, 0.5) is 0 Å². The summed E-state index contributed by atoms with van der Waals surface area (Å²) in [5, 5.41) is 4.19. The van der Waals surface area contributed by atoms with Crippen LogP contribution in [0.3, 0.4) is 0 Å². The zero-order valence-electron chi connectivity index (χ0n) is 14.0. The Morgan fingerprint density at radius 3 is 3.00 bits per heavy atom. The normalized spacial score (nSPS) is 18.1. The number of imidazole rings is 1. The summed E-state index contributed by atoms with van der Waals surface area (Å²) in [6, 6.07) is 2.03. The van der Waals surface area contributed by atoms with Crippen LogP contribution in [-0.4, -0.2) is 32.1 Å². The molecule has 0 spiro atoms. The van der Waals surface area contributed by atoms with Gasteiger partial charge in [0.05, 0.1) is 6.04 Å². The van der Waals surface area contributed by atoms with Gasteiger partial charge in [0.1, 0.15) is 23.8 Å². The molecule has 1 atom stereocenters. The molecular weight excluding hydrogens is 292 g/mol. The van der Waals surface area contributed by atoms with Crippen molar-refractivity contribution in [2.75, 3.05) is 6.54 Å². The van der Waals surface area contributed by atoms with Crippen LogP contribution in [0.15, 0.2) is 23.0 Å². The van der Waals surface area contributed by atoms with Crippen LogP contribution in [-0.2, 0) is 17.8 Å². The lowest BCUT2D eigenvalue weighted by molar-refractivity contribution is -0.132. The third-order valence-corrected chi connectivity index (χ3v) is 4.45. The molecule has 0 unspecified atom stereocenters. The fourth-order valence-corrected chi connectivity index (χ4v) is 3.14. The fourth-order valence-electron chi connectivity index (χ4n) is 3.14. The zero-order chi connectivity index (χ0) is 16.4. The molecule has 1 saturated heterocycles. The van der Waals surface area contributed by atoms with Gasteiger partial charge in [-0.05, 0) is 12.8 Å². The van der Waals surface area contributed by atoms with Gasteiger partial charge in [-0.25, -0.2) is 4.98 Å². The quantitative estimate of drug-likeness (QED) is 0.851. The summed E-state index contributed by atoms with van der Waals surface area (Å²) in [6.45, 7) is 7.32. The number of carbonyl (C=O) groups is 1. The van der Waals surface area contributed by atoms with E-state index < -0.39 is 0 Å². The first-order valence-electron chi connectivity index (χ1n) is 8.36. The van der Waals surface area contributed by atoms with Crippen molar-refractivity contribution in [1.29, 1.82) is 0 Å². The minimum absolute atomic E-state index is 0.0346. The number of rotatable bonds is 5. The summed E-state index contributed by atoms with van der Waals surface area (Å²) in [7, 11) is 0. The van der Waals surface area contributed by atoms with Crippen molar-refractivity contribution < 1.29 is 9.32 Å². The Morgan fingerprint density at radius 2 is 2.30 bits per heavy atom. The number of aryl methyl sites for hydroxylation is 1. The van der Waals surface area contributed by atoms with Crippen LogP contribution in [0.25, 0.3) is 0 Å². The molecule has 6 nitrogen and oxygen atoms in total. The molecule has 1 aliphatic rings. The number of hydrogen-bond donors (Lipinski definition) is 0. The molecule has 3 heterocycles. The van der Waals surface area contributed by atoms with Gasteiger partial charge in [-0.3, -0.25) is 4.79 Å². The third-order valence-electron chi connectivity index (χ3n) is 4.45. The highest BCUT2D eigenvalue weighted by Gasteiger charge is 2.32. The largest absolute Gasteiger partial charge is 0.361 e. The lowest BCUT2D eigenvalue weighted by Gasteiger charge is -2.23. The predicted molar refractivity (Wildman–Crippen MR) is 85.9 cm³/mol. The topological polar surface area (TPSA) is 64.2 Å². The molecule has 124 valence electrons. The maximum atomic E-state index is 12.7. The van der Waals surface area contributed by atoms with Gasteiger partial charge in [0.15, 0.2) is 0 Å². The van der Waals surface area contributed by atoms with Crippen LogP contribution in [0.1, 0.15) is 62.9 Å². The second kappa shape index (κ2) is 6.56. The minimum Gasteiger partial charge on any atom is -0.361 e. The lowest BCUT2D eigenvalue weighted by atomic mass is 10.1. The molecule has 0 N–H and O–H groups in total. The van der Waals surface area contributed by atoms with Crippen molar-refractivity contribution in [3.05, 3.63) is 35.7 Å². The molecule has 6 heteroatoms. The maximum absolute atomic E-state index is 12.7. The molecule has 2 aromatic heterocycles. The van der Waals surface area contributed by atoms with Crippen LogP contribution >= 0.6 is 0 Å². The Bertz CT molecular complexity index is 674. The summed E-state index contributed by atoms with van der Waals surface area (Å²) in [5.41, 5.74) is 0.876. The van der Waals surface area contributed by atoms with E-state index >= 15 is 0 Å². The molecule has 2 aromatic rings. The zero-order valence-corrected chi connectivity index (χ0v) is 14.0. The van der Waals surface area contributed by atoms with Gasteiger partial charge in [0.25, 0.3) is 0 Å². The van der Waals surface area contributed by atoms with Gasteiger partial charge in [-0.15, -0.1) is 0 Å². The first kappa shape index (κ1) is 15.8. The van der Waals surface area contributed by atoms with Crippen molar-refractivity contribution >= 4 is 5.91 Å². The fraction of sp³-hybridized carbons (Fsp3) is 0.588. The number of nitrogens with zero attached hydrogens (tertiary/aromatic N) is 4. The Balaban J connectivity index is 1.74. The van der Waals surface area contributed by atoms with Crippen molar-refractivity contribution in [2.24, 2.45) is 0 Å². The average Bonchev–Trinajstić information content (AvgIpc) is 3.26. The van der Waals surface area contributed by atoms with Crippen molar-refractivity contribution in [3.8, 4) is 0 Å². The monoisotopic (exact) mass is 316 g/mol. The van der Waals surface area contributed by atoms with E-state index in [1.807, 2.05) is 28.7 Å². The number of amides is 1. The van der Waals surface area contributed by atoms with Gasteiger partial charge in [0.2, 0.25) is 5.91 Å². The standard InChI is InChI=1S/C17H24N4O2/c1-4-16-18-7-9-20(16)11-17(22)21-8-5-6-14(21)13-10-15(12(2)3)23-19-13/h7,9-10,12,14H,4-6,8,11H2,1-3H3/t14-/m0/s1. The number of aromatic nitrogens is 3. The van der Waals surface area contributed by atoms with Crippen LogP contribution in [0, 0.1) is 0 Å². The SMILES string of the molecule is CCc1nccn1CC(=O)N1CCC[C@H]1c1cc(C(C)C)on1. The van der Waals surface area contributed by atoms with E-state index in [1.165, 1.54) is 0 Å². The van der Waals surface area contributed by atoms with Gasteiger partial charge < -0.3 is 14.0 Å². The molecule has 1 fully saturated rings. The Labute approximate surface area is 136 Å². The van der Waals surface area contributed by atoms with E-state index in [0.717, 1.165) is 43.1 Å². The second-order valence-corrected chi connectivity index (χ2v) is 6.38. The first-order chi connectivity index (χ1) is 11.1. The number of hydrogen-bond acceptors (Lipinski definition) is 4. The highest BCUT2D eigenvalue weighted by atomic mass is 16.5. The van der Waals surface area contributed by atoms with E-state index in [0.29, 0.717) is 12.5 Å². The van der Waals surface area contributed by atoms with E-state index in [4.69, 9.17) is 4.52 Å². The molecule has 0 aliphatic carbocycles. The van der Waals surface area contributed by atoms with Gasteiger partial charge >= 0.3 is 0 Å². The number of carbonyl (C=O) groups excluding carboxylic acids is 1. The molecule has 0 aromatic carbocycles. The Kier molecular flexibility index (Phi) is 4.50. The highest BCUT2D eigenvalue weighted by Crippen LogP contribution is 2.32. The van der Waals surface area contributed by atoms with Crippen LogP contribution in [0.5, 0.6) is 0 Å². The predicted octanol–water partition coefficient (Wildman–Crippen LogP) is 2.92. The van der Waals surface area contributed by atoms with Crippen LogP contribution in [0.2, 0.25) is 0 Å². The van der Waals surface area contributed by atoms with E-state index in [2.05, 4.69) is 24.0 Å². The smallest absolute Gasteiger partial charge is 0.243 e. The van der Waals surface area contributed by atoms with Crippen molar-refractivity contribution in [3.63, 3.8) is 0 Å². The van der Waals surface area contributed by atoms with E-state index in [1.54, 1.807) is 6.20 Å². The van der Waals surface area contributed by atoms with Crippen molar-refractivity contribution in [2.45, 2.75) is 58.5 Å². The summed E-state index contributed by atoms with van der Waals surface area (Å²) in [6.07, 6.45) is 6.39. The lowest BCUT2D eigenvalue weighted by Crippen LogP contribution is -2.33. The van der Waals surface area contributed by atoms with Gasteiger partial charge in [0, 0.05) is 37.3 Å².